The molecule has 0 atom stereocenters. The van der Waals surface area contributed by atoms with Gasteiger partial charge in [0, 0.05) is 18.3 Å². The number of halogens is 3. The van der Waals surface area contributed by atoms with Crippen LogP contribution in [0.15, 0.2) is 84.9 Å². The van der Waals surface area contributed by atoms with E-state index in [2.05, 4.69) is 45.2 Å². The first-order valence-electron chi connectivity index (χ1n) is 10.6. The van der Waals surface area contributed by atoms with Crippen molar-refractivity contribution in [2.45, 2.75) is 13.8 Å². The molecule has 0 unspecified atom stereocenters. The third-order valence-electron chi connectivity index (χ3n) is 5.04. The van der Waals surface area contributed by atoms with Crippen molar-refractivity contribution in [1.82, 2.24) is 0 Å². The van der Waals surface area contributed by atoms with Crippen LogP contribution in [0.3, 0.4) is 0 Å². The van der Waals surface area contributed by atoms with Crippen molar-refractivity contribution in [3.8, 4) is 11.5 Å². The van der Waals surface area contributed by atoms with Gasteiger partial charge >= 0.3 is 33.1 Å². The first-order chi connectivity index (χ1) is 16.8. The minimum absolute atomic E-state index is 0.366. The van der Waals surface area contributed by atoms with E-state index in [1.165, 1.54) is 7.14 Å². The zero-order chi connectivity index (χ0) is 24.9. The smallest absolute Gasteiger partial charge is 0.358 e. The first-order valence-corrected chi connectivity index (χ1v) is 14.9. The molecule has 35 heavy (non-hydrogen) atoms. The van der Waals surface area contributed by atoms with Gasteiger partial charge in [0.1, 0.15) is 11.5 Å². The van der Waals surface area contributed by atoms with Gasteiger partial charge in [-0.05, 0) is 144 Å². The molecule has 0 fully saturated rings. The van der Waals surface area contributed by atoms with Crippen LogP contribution < -0.4 is 30.7 Å². The normalized spacial score (nSPS) is 10.6. The molecule has 0 aliphatic rings. The number of aryl methyl sites for hydroxylation is 2. The number of hydrogen-bond acceptors (Lipinski definition) is 4. The van der Waals surface area contributed by atoms with Gasteiger partial charge in [-0.15, -0.1) is 0 Å². The summed E-state index contributed by atoms with van der Waals surface area (Å²) in [5, 5.41) is 0. The van der Waals surface area contributed by atoms with Crippen LogP contribution in [0.5, 0.6) is 11.5 Å². The second kappa shape index (κ2) is 11.8. The summed E-state index contributed by atoms with van der Waals surface area (Å²) in [5.74, 6) is 0.339. The van der Waals surface area contributed by atoms with Crippen LogP contribution in [0.1, 0.15) is 31.8 Å². The van der Waals surface area contributed by atoms with E-state index in [1.54, 1.807) is 24.3 Å². The van der Waals surface area contributed by atoms with Gasteiger partial charge in [-0.25, -0.2) is 9.59 Å². The molecule has 0 bridgehead atoms. The van der Waals surface area contributed by atoms with Crippen LogP contribution in [-0.4, -0.2) is 11.9 Å². The largest absolute Gasteiger partial charge is 0.423 e. The number of esters is 2. The summed E-state index contributed by atoms with van der Waals surface area (Å²) in [5.41, 5.74) is 3.22. The van der Waals surface area contributed by atoms with Crippen LogP contribution in [0.2, 0.25) is 0 Å². The number of hydrogen-bond donors (Lipinski definition) is 0. The lowest BCUT2D eigenvalue weighted by molar-refractivity contribution is -0.598. The van der Waals surface area contributed by atoms with Crippen molar-refractivity contribution >= 4 is 57.1 Å². The summed E-state index contributed by atoms with van der Waals surface area (Å²) in [6.07, 6.45) is 0. The van der Waals surface area contributed by atoms with Crippen LogP contribution in [0.25, 0.3) is 0 Å². The molecule has 7 heteroatoms. The molecule has 4 nitrogen and oxygen atoms in total. The number of ether oxygens (including phenoxy) is 2. The molecule has 0 aliphatic carbocycles. The summed E-state index contributed by atoms with van der Waals surface area (Å²) in [6, 6.07) is 26.2. The molecule has 0 amide bonds. The minimum atomic E-state index is -0.462. The van der Waals surface area contributed by atoms with Crippen LogP contribution in [0.4, 0.5) is 0 Å². The number of carbonyl (C=O) groups excluding carboxylic acids is 2. The van der Waals surface area contributed by atoms with Crippen molar-refractivity contribution < 1.29 is 40.3 Å². The molecule has 4 aromatic carbocycles. The highest BCUT2D eigenvalue weighted by molar-refractivity contribution is 14.1. The van der Waals surface area contributed by atoms with Gasteiger partial charge in [0.25, 0.3) is 0 Å². The molecular formula is C28H20I3O4+. The number of benzene rings is 4. The van der Waals surface area contributed by atoms with Gasteiger partial charge in [0.05, 0.1) is 11.1 Å². The Kier molecular flexibility index (Phi) is 8.82. The van der Waals surface area contributed by atoms with E-state index < -0.39 is 21.2 Å². The van der Waals surface area contributed by atoms with E-state index in [-0.39, 0.29) is 11.9 Å². The number of carbonyl (C=O) groups is 2. The fourth-order valence-electron chi connectivity index (χ4n) is 3.19. The Morgan fingerprint density at radius 3 is 1.31 bits per heavy atom. The minimum Gasteiger partial charge on any atom is -0.423 e. The molecule has 4 rings (SSSR count). The standard InChI is InChI=1S/C28H20I3O4/c1-17-15-23(34-27(32)19-3-7-21(29)8-4-19)11-13-25(17)31-26-14-12-24(16-18(26)2)35-28(33)20-5-9-22(30)10-6-20/h3-16H,1-2H3/q+1. The molecule has 0 aromatic heterocycles. The molecule has 176 valence electrons. The third kappa shape index (κ3) is 7.04. The van der Waals surface area contributed by atoms with Crippen molar-refractivity contribution in [2.75, 3.05) is 0 Å². The Labute approximate surface area is 242 Å². The predicted octanol–water partition coefficient (Wildman–Crippen LogP) is 4.08. The van der Waals surface area contributed by atoms with E-state index in [0.29, 0.717) is 22.6 Å². The average molecular weight is 801 g/mol. The Morgan fingerprint density at radius 2 is 0.971 bits per heavy atom. The SMILES string of the molecule is Cc1cc(OC(=O)c2ccc(I)cc2)ccc1[I+]c1ccc(OC(=O)c2ccc(I)cc2)cc1C. The highest BCUT2D eigenvalue weighted by atomic mass is 127. The van der Waals surface area contributed by atoms with E-state index in [4.69, 9.17) is 9.47 Å². The van der Waals surface area contributed by atoms with E-state index in [9.17, 15) is 9.59 Å². The van der Waals surface area contributed by atoms with E-state index in [1.807, 2.05) is 74.5 Å². The van der Waals surface area contributed by atoms with Gasteiger partial charge in [0.2, 0.25) is 0 Å². The summed E-state index contributed by atoms with van der Waals surface area (Å²) in [4.78, 5) is 24.8. The maximum Gasteiger partial charge on any atom is 0.358 e. The van der Waals surface area contributed by atoms with Crippen molar-refractivity contribution in [3.63, 3.8) is 0 Å². The van der Waals surface area contributed by atoms with Gasteiger partial charge in [-0.3, -0.25) is 0 Å². The quantitative estimate of drug-likeness (QED) is 0.168. The molecule has 0 aliphatic heterocycles. The lowest BCUT2D eigenvalue weighted by Crippen LogP contribution is -3.62. The van der Waals surface area contributed by atoms with Crippen molar-refractivity contribution in [1.29, 1.82) is 0 Å². The first kappa shape index (κ1) is 26.1. The summed E-state index contributed by atoms with van der Waals surface area (Å²) >= 11 is 3.94. The maximum atomic E-state index is 12.4. The molecular weight excluding hydrogens is 781 g/mol. The topological polar surface area (TPSA) is 52.6 Å². The Bertz CT molecular complexity index is 1270. The van der Waals surface area contributed by atoms with Crippen molar-refractivity contribution in [3.05, 3.63) is 121 Å². The van der Waals surface area contributed by atoms with Crippen LogP contribution in [0, 0.1) is 28.1 Å². The van der Waals surface area contributed by atoms with Gasteiger partial charge < -0.3 is 9.47 Å². The van der Waals surface area contributed by atoms with Gasteiger partial charge in [-0.1, -0.05) is 0 Å². The maximum absolute atomic E-state index is 12.4. The van der Waals surface area contributed by atoms with Crippen molar-refractivity contribution in [2.24, 2.45) is 0 Å². The zero-order valence-corrected chi connectivity index (χ0v) is 25.3. The summed E-state index contributed by atoms with van der Waals surface area (Å²) < 4.78 is 15.7. The van der Waals surface area contributed by atoms with E-state index in [0.717, 1.165) is 18.3 Å². The third-order valence-corrected chi connectivity index (χ3v) is 10.1. The second-order valence-electron chi connectivity index (χ2n) is 7.71. The molecule has 0 heterocycles. The monoisotopic (exact) mass is 801 g/mol. The molecule has 4 aromatic rings. The summed E-state index contributed by atoms with van der Waals surface area (Å²) in [7, 11) is 0. The molecule has 0 saturated carbocycles. The zero-order valence-electron chi connectivity index (χ0n) is 18.8. The highest BCUT2D eigenvalue weighted by Gasteiger charge is 2.22. The Morgan fingerprint density at radius 1 is 0.600 bits per heavy atom. The highest BCUT2D eigenvalue weighted by Crippen LogP contribution is 2.17. The van der Waals surface area contributed by atoms with Gasteiger partial charge in [0.15, 0.2) is 7.14 Å². The number of rotatable bonds is 6. The Hall–Kier alpha value is -1.99. The van der Waals surface area contributed by atoms with Gasteiger partial charge in [-0.2, -0.15) is 0 Å². The fourth-order valence-corrected chi connectivity index (χ4v) is 6.41. The van der Waals surface area contributed by atoms with Crippen LogP contribution in [-0.2, 0) is 0 Å². The Balaban J connectivity index is 1.42. The molecule has 0 radical (unpaired) electrons. The van der Waals surface area contributed by atoms with Crippen LogP contribution >= 0.6 is 45.2 Å². The average Bonchev–Trinajstić information content (AvgIpc) is 2.83. The molecule has 0 saturated heterocycles. The second-order valence-corrected chi connectivity index (χ2v) is 13.1. The molecule has 0 spiro atoms. The lowest BCUT2D eigenvalue weighted by atomic mass is 10.2. The summed E-state index contributed by atoms with van der Waals surface area (Å²) in [6.45, 7) is 4.06. The van der Waals surface area contributed by atoms with E-state index >= 15 is 0 Å². The fraction of sp³-hybridized carbons (Fsp3) is 0.0714. The molecule has 0 N–H and O–H groups in total. The predicted molar refractivity (Wildman–Crippen MR) is 148 cm³/mol. The lowest BCUT2D eigenvalue weighted by Gasteiger charge is -2.06.